The van der Waals surface area contributed by atoms with E-state index in [0.29, 0.717) is 38.4 Å². The number of alkyl halides is 1. The lowest BCUT2D eigenvalue weighted by molar-refractivity contribution is -0.138. The van der Waals surface area contributed by atoms with Gasteiger partial charge in [-0.15, -0.1) is 0 Å². The summed E-state index contributed by atoms with van der Waals surface area (Å²) in [6.45, 7) is 1.53. The van der Waals surface area contributed by atoms with Crippen LogP contribution in [0.5, 0.6) is 0 Å². The Morgan fingerprint density at radius 2 is 2.00 bits per heavy atom. The molecule has 132 valence electrons. The van der Waals surface area contributed by atoms with Gasteiger partial charge in [-0.05, 0) is 12.8 Å². The van der Waals surface area contributed by atoms with E-state index < -0.39 is 5.67 Å². The Hall–Kier alpha value is -2.28. The van der Waals surface area contributed by atoms with Crippen molar-refractivity contribution in [2.24, 2.45) is 5.92 Å². The van der Waals surface area contributed by atoms with Crippen LogP contribution < -0.4 is 0 Å². The van der Waals surface area contributed by atoms with Crippen LogP contribution in [-0.4, -0.2) is 47.3 Å². The molecule has 0 N–H and O–H groups in total. The molecule has 2 saturated heterocycles. The highest BCUT2D eigenvalue weighted by Gasteiger charge is 2.47. The number of carbonyl (C=O) groups excluding carboxylic acids is 1. The van der Waals surface area contributed by atoms with E-state index in [4.69, 9.17) is 9.26 Å². The maximum atomic E-state index is 15.3. The standard InChI is InChI=1S/C18H20FN3O3/c19-18(17-20-15(21-25-17)13-4-2-1-3-5-13)8-9-22(12-18)16(23)14-6-10-24-11-7-14/h1-5,14H,6-12H2. The molecule has 1 atom stereocenters. The topological polar surface area (TPSA) is 68.5 Å². The molecule has 0 bridgehead atoms. The average molecular weight is 345 g/mol. The smallest absolute Gasteiger partial charge is 0.266 e. The molecule has 6 nitrogen and oxygen atoms in total. The predicted molar refractivity (Wildman–Crippen MR) is 87.3 cm³/mol. The molecular weight excluding hydrogens is 325 g/mol. The van der Waals surface area contributed by atoms with Crippen LogP contribution in [0.1, 0.15) is 25.2 Å². The first-order chi connectivity index (χ1) is 12.2. The summed E-state index contributed by atoms with van der Waals surface area (Å²) in [4.78, 5) is 18.4. The third kappa shape index (κ3) is 3.16. The van der Waals surface area contributed by atoms with Crippen molar-refractivity contribution < 1.29 is 18.4 Å². The first-order valence-corrected chi connectivity index (χ1v) is 8.61. The molecule has 1 aromatic heterocycles. The van der Waals surface area contributed by atoms with Gasteiger partial charge in [0.2, 0.25) is 17.4 Å². The highest BCUT2D eigenvalue weighted by atomic mass is 19.1. The molecule has 2 aliphatic rings. The van der Waals surface area contributed by atoms with Gasteiger partial charge in [0, 0.05) is 37.7 Å². The van der Waals surface area contributed by atoms with Crippen LogP contribution in [0.3, 0.4) is 0 Å². The van der Waals surface area contributed by atoms with E-state index in [-0.39, 0.29) is 30.7 Å². The molecule has 3 heterocycles. The van der Waals surface area contributed by atoms with Crippen molar-refractivity contribution in [1.82, 2.24) is 15.0 Å². The van der Waals surface area contributed by atoms with Crippen LogP contribution in [-0.2, 0) is 15.2 Å². The highest BCUT2D eigenvalue weighted by Crippen LogP contribution is 2.37. The van der Waals surface area contributed by atoms with Crippen molar-refractivity contribution >= 4 is 5.91 Å². The van der Waals surface area contributed by atoms with E-state index in [2.05, 4.69) is 10.1 Å². The number of rotatable bonds is 3. The van der Waals surface area contributed by atoms with E-state index in [1.54, 1.807) is 4.90 Å². The van der Waals surface area contributed by atoms with Gasteiger partial charge in [0.15, 0.2) is 0 Å². The number of nitrogens with zero attached hydrogens (tertiary/aromatic N) is 3. The lowest BCUT2D eigenvalue weighted by Gasteiger charge is -2.26. The first-order valence-electron chi connectivity index (χ1n) is 8.61. The molecule has 1 amide bonds. The van der Waals surface area contributed by atoms with E-state index in [0.717, 1.165) is 5.56 Å². The molecule has 0 radical (unpaired) electrons. The van der Waals surface area contributed by atoms with Gasteiger partial charge in [-0.2, -0.15) is 4.98 Å². The van der Waals surface area contributed by atoms with Crippen LogP contribution in [0.2, 0.25) is 0 Å². The quantitative estimate of drug-likeness (QED) is 0.855. The van der Waals surface area contributed by atoms with E-state index >= 15 is 4.39 Å². The maximum Gasteiger partial charge on any atom is 0.266 e. The number of likely N-dealkylation sites (tertiary alicyclic amines) is 1. The second-order valence-electron chi connectivity index (χ2n) is 6.65. The summed E-state index contributed by atoms with van der Waals surface area (Å²) in [5.41, 5.74) is -1.00. The Bertz CT molecular complexity index is 745. The van der Waals surface area contributed by atoms with Crippen LogP contribution in [0, 0.1) is 5.92 Å². The summed E-state index contributed by atoms with van der Waals surface area (Å²) in [5, 5.41) is 3.89. The fourth-order valence-corrected chi connectivity index (χ4v) is 3.45. The van der Waals surface area contributed by atoms with Crippen molar-refractivity contribution in [3.05, 3.63) is 36.2 Å². The van der Waals surface area contributed by atoms with Gasteiger partial charge in [-0.1, -0.05) is 35.5 Å². The van der Waals surface area contributed by atoms with Crippen LogP contribution >= 0.6 is 0 Å². The Morgan fingerprint density at radius 3 is 2.76 bits per heavy atom. The molecule has 7 heteroatoms. The van der Waals surface area contributed by atoms with E-state index in [9.17, 15) is 4.79 Å². The Kier molecular flexibility index (Phi) is 4.25. The number of carbonyl (C=O) groups is 1. The molecule has 0 aliphatic carbocycles. The van der Waals surface area contributed by atoms with Gasteiger partial charge in [0.25, 0.3) is 5.89 Å². The zero-order chi connectivity index (χ0) is 17.3. The molecule has 4 rings (SSSR count). The van der Waals surface area contributed by atoms with Gasteiger partial charge < -0.3 is 14.2 Å². The maximum absolute atomic E-state index is 15.3. The first kappa shape index (κ1) is 16.2. The van der Waals surface area contributed by atoms with Crippen molar-refractivity contribution in [3.63, 3.8) is 0 Å². The monoisotopic (exact) mass is 345 g/mol. The van der Waals surface area contributed by atoms with Crippen molar-refractivity contribution in [1.29, 1.82) is 0 Å². The van der Waals surface area contributed by atoms with Gasteiger partial charge in [0.1, 0.15) is 0 Å². The summed E-state index contributed by atoms with van der Waals surface area (Å²) in [7, 11) is 0. The van der Waals surface area contributed by atoms with Gasteiger partial charge in [-0.3, -0.25) is 4.79 Å². The number of hydrogen-bond acceptors (Lipinski definition) is 5. The summed E-state index contributed by atoms with van der Waals surface area (Å²) in [5.74, 6) is 0.250. The fourth-order valence-electron chi connectivity index (χ4n) is 3.45. The second kappa shape index (κ2) is 6.55. The summed E-state index contributed by atoms with van der Waals surface area (Å²) >= 11 is 0. The summed E-state index contributed by atoms with van der Waals surface area (Å²) in [6.07, 6.45) is 1.58. The largest absolute Gasteiger partial charge is 0.381 e. The van der Waals surface area contributed by atoms with Gasteiger partial charge in [-0.25, -0.2) is 4.39 Å². The Labute approximate surface area is 145 Å². The molecule has 2 fully saturated rings. The minimum absolute atomic E-state index is 0.00521. The van der Waals surface area contributed by atoms with Crippen molar-refractivity contribution in [2.75, 3.05) is 26.3 Å². The molecule has 1 aromatic carbocycles. The van der Waals surface area contributed by atoms with E-state index in [1.165, 1.54) is 0 Å². The average Bonchev–Trinajstić information content (AvgIpc) is 3.31. The van der Waals surface area contributed by atoms with Gasteiger partial charge in [0.05, 0.1) is 6.54 Å². The van der Waals surface area contributed by atoms with E-state index in [1.807, 2.05) is 30.3 Å². The minimum atomic E-state index is -1.78. The number of ether oxygens (including phenoxy) is 1. The van der Waals surface area contributed by atoms with Gasteiger partial charge >= 0.3 is 0 Å². The molecule has 25 heavy (non-hydrogen) atoms. The number of halogens is 1. The zero-order valence-corrected chi connectivity index (χ0v) is 13.9. The molecule has 0 saturated carbocycles. The molecule has 2 aromatic rings. The highest BCUT2D eigenvalue weighted by molar-refractivity contribution is 5.79. The summed E-state index contributed by atoms with van der Waals surface area (Å²) < 4.78 is 25.8. The van der Waals surface area contributed by atoms with Crippen molar-refractivity contribution in [2.45, 2.75) is 24.9 Å². The van der Waals surface area contributed by atoms with Crippen LogP contribution in [0.4, 0.5) is 4.39 Å². The summed E-state index contributed by atoms with van der Waals surface area (Å²) in [6, 6.07) is 9.29. The van der Waals surface area contributed by atoms with Crippen LogP contribution in [0.15, 0.2) is 34.9 Å². The normalized spacial score (nSPS) is 24.6. The van der Waals surface area contributed by atoms with Crippen molar-refractivity contribution in [3.8, 4) is 11.4 Å². The number of benzene rings is 1. The second-order valence-corrected chi connectivity index (χ2v) is 6.65. The number of hydrogen-bond donors (Lipinski definition) is 0. The zero-order valence-electron chi connectivity index (χ0n) is 13.9. The third-order valence-corrected chi connectivity index (χ3v) is 4.94. The molecule has 2 aliphatic heterocycles. The lowest BCUT2D eigenvalue weighted by atomic mass is 9.99. The van der Waals surface area contributed by atoms with Crippen LogP contribution in [0.25, 0.3) is 11.4 Å². The molecule has 1 unspecified atom stereocenters. The number of amides is 1. The lowest BCUT2D eigenvalue weighted by Crippen LogP contribution is -2.38. The molecular formula is C18H20FN3O3. The minimum Gasteiger partial charge on any atom is -0.381 e. The fraction of sp³-hybridized carbons (Fsp3) is 0.500. The number of aromatic nitrogens is 2. The molecule has 0 spiro atoms. The SMILES string of the molecule is O=C(C1CCOCC1)N1CCC(F)(c2nc(-c3ccccc3)no2)C1. The third-order valence-electron chi connectivity index (χ3n) is 4.94. The Morgan fingerprint density at radius 1 is 1.24 bits per heavy atom. The Balaban J connectivity index is 1.48. The predicted octanol–water partition coefficient (Wildman–Crippen LogP) is 2.56.